The molecule has 0 spiro atoms. The summed E-state index contributed by atoms with van der Waals surface area (Å²) in [4.78, 5) is 12.5. The van der Waals surface area contributed by atoms with Gasteiger partial charge in [0, 0.05) is 11.3 Å². The fourth-order valence-electron chi connectivity index (χ4n) is 3.34. The largest absolute Gasteiger partial charge is 0.439 e. The second-order valence-corrected chi connectivity index (χ2v) is 6.09. The molecule has 130 valence electrons. The minimum Gasteiger partial charge on any atom is -0.362 e. The van der Waals surface area contributed by atoms with Crippen molar-refractivity contribution in [2.24, 2.45) is 11.0 Å². The number of aliphatic hydroxyl groups is 1. The van der Waals surface area contributed by atoms with Gasteiger partial charge in [0.05, 0.1) is 5.92 Å². The van der Waals surface area contributed by atoms with E-state index in [0.29, 0.717) is 19.3 Å². The third-order valence-corrected chi connectivity index (χ3v) is 4.55. The molecule has 0 saturated heterocycles. The number of hydrazone groups is 1. The van der Waals surface area contributed by atoms with Crippen LogP contribution >= 0.6 is 0 Å². The zero-order valence-corrected chi connectivity index (χ0v) is 12.7. The van der Waals surface area contributed by atoms with Gasteiger partial charge in [-0.15, -0.1) is 0 Å². The maximum absolute atomic E-state index is 13.7. The predicted octanol–water partition coefficient (Wildman–Crippen LogP) is 3.47. The van der Waals surface area contributed by atoms with Crippen LogP contribution in [0.1, 0.15) is 42.5 Å². The molecular weight excluding hydrogens is 328 g/mol. The summed E-state index contributed by atoms with van der Waals surface area (Å²) >= 11 is 0. The molecule has 1 aliphatic heterocycles. The molecular formula is C16H16F4N2O2. The molecule has 1 N–H and O–H groups in total. The summed E-state index contributed by atoms with van der Waals surface area (Å²) in [5.41, 5.74) is -3.51. The Morgan fingerprint density at radius 2 is 2.04 bits per heavy atom. The first-order valence-corrected chi connectivity index (χ1v) is 7.71. The van der Waals surface area contributed by atoms with Crippen molar-refractivity contribution in [2.75, 3.05) is 0 Å². The minimum atomic E-state index is -5.07. The predicted molar refractivity (Wildman–Crippen MR) is 77.6 cm³/mol. The average molecular weight is 344 g/mol. The van der Waals surface area contributed by atoms with E-state index in [9.17, 15) is 27.5 Å². The Balaban J connectivity index is 2.05. The third kappa shape index (κ3) is 2.58. The molecule has 0 radical (unpaired) electrons. The zero-order chi connectivity index (χ0) is 17.5. The Morgan fingerprint density at radius 1 is 1.29 bits per heavy atom. The molecule has 3 rings (SSSR count). The van der Waals surface area contributed by atoms with E-state index in [-0.39, 0.29) is 22.7 Å². The second-order valence-electron chi connectivity index (χ2n) is 6.09. The van der Waals surface area contributed by atoms with E-state index in [4.69, 9.17) is 0 Å². The number of hydrogen-bond donors (Lipinski definition) is 1. The van der Waals surface area contributed by atoms with Crippen LogP contribution in [0.25, 0.3) is 0 Å². The first kappa shape index (κ1) is 16.9. The van der Waals surface area contributed by atoms with Gasteiger partial charge in [0.2, 0.25) is 0 Å². The Kier molecular flexibility index (Phi) is 4.11. The molecule has 0 aromatic heterocycles. The van der Waals surface area contributed by atoms with Gasteiger partial charge in [-0.25, -0.2) is 4.39 Å². The average Bonchev–Trinajstić information content (AvgIpc) is 2.68. The van der Waals surface area contributed by atoms with Gasteiger partial charge in [-0.1, -0.05) is 18.9 Å². The number of nitrogens with zero attached hydrogens (tertiary/aromatic N) is 2. The highest BCUT2D eigenvalue weighted by Crippen LogP contribution is 2.48. The van der Waals surface area contributed by atoms with E-state index in [1.165, 1.54) is 12.1 Å². The van der Waals surface area contributed by atoms with Gasteiger partial charge in [-0.3, -0.25) is 4.79 Å². The van der Waals surface area contributed by atoms with E-state index in [1.54, 1.807) is 0 Å². The number of carbonyl (C=O) groups excluding carboxylic acids is 1. The first-order chi connectivity index (χ1) is 11.2. The van der Waals surface area contributed by atoms with Gasteiger partial charge >= 0.3 is 6.18 Å². The SMILES string of the molecule is O=C(c1cccc(F)c1)N1N=C2CCCCC[C@@H]2[C@]1(O)C(F)(F)F. The maximum atomic E-state index is 13.7. The number of hydrogen-bond acceptors (Lipinski definition) is 3. The molecule has 2 atom stereocenters. The first-order valence-electron chi connectivity index (χ1n) is 7.71. The van der Waals surface area contributed by atoms with Crippen LogP contribution in [-0.2, 0) is 0 Å². The van der Waals surface area contributed by atoms with Crippen LogP contribution in [0.5, 0.6) is 0 Å². The van der Waals surface area contributed by atoms with Gasteiger partial charge in [0.1, 0.15) is 5.82 Å². The summed E-state index contributed by atoms with van der Waals surface area (Å²) in [6.45, 7) is 0. The Bertz CT molecular complexity index is 689. The molecule has 1 saturated carbocycles. The zero-order valence-electron chi connectivity index (χ0n) is 12.7. The molecule has 2 aliphatic rings. The van der Waals surface area contributed by atoms with Gasteiger partial charge in [0.15, 0.2) is 0 Å². The summed E-state index contributed by atoms with van der Waals surface area (Å²) in [5, 5.41) is 14.4. The van der Waals surface area contributed by atoms with Crippen molar-refractivity contribution >= 4 is 11.6 Å². The highest BCUT2D eigenvalue weighted by Gasteiger charge is 2.68. The number of benzene rings is 1. The fourth-order valence-corrected chi connectivity index (χ4v) is 3.34. The summed E-state index contributed by atoms with van der Waals surface area (Å²) in [6.07, 6.45) is -2.75. The Morgan fingerprint density at radius 3 is 2.71 bits per heavy atom. The summed E-state index contributed by atoms with van der Waals surface area (Å²) in [7, 11) is 0. The molecule has 0 unspecified atom stereocenters. The van der Waals surface area contributed by atoms with E-state index in [1.807, 2.05) is 0 Å². The molecule has 8 heteroatoms. The number of alkyl halides is 3. The smallest absolute Gasteiger partial charge is 0.362 e. The number of fused-ring (bicyclic) bond motifs is 1. The lowest BCUT2D eigenvalue weighted by atomic mass is 9.87. The number of rotatable bonds is 1. The maximum Gasteiger partial charge on any atom is 0.439 e. The Hall–Kier alpha value is -1.96. The van der Waals surface area contributed by atoms with Gasteiger partial charge in [0.25, 0.3) is 11.6 Å². The number of halogens is 4. The third-order valence-electron chi connectivity index (χ3n) is 4.55. The Labute approximate surface area is 135 Å². The molecule has 1 heterocycles. The van der Waals surface area contributed by atoms with E-state index in [0.717, 1.165) is 18.6 Å². The van der Waals surface area contributed by atoms with Crippen LogP contribution in [0.2, 0.25) is 0 Å². The fraction of sp³-hybridized carbons (Fsp3) is 0.500. The van der Waals surface area contributed by atoms with Gasteiger partial charge in [-0.2, -0.15) is 23.3 Å². The van der Waals surface area contributed by atoms with Crippen molar-refractivity contribution in [2.45, 2.75) is 44.0 Å². The van der Waals surface area contributed by atoms with Crippen LogP contribution in [0.4, 0.5) is 17.6 Å². The monoisotopic (exact) mass is 344 g/mol. The molecule has 1 amide bonds. The van der Waals surface area contributed by atoms with E-state index in [2.05, 4.69) is 5.10 Å². The lowest BCUT2D eigenvalue weighted by molar-refractivity contribution is -0.312. The van der Waals surface area contributed by atoms with Crippen molar-refractivity contribution in [3.8, 4) is 0 Å². The minimum absolute atomic E-state index is 0.0904. The van der Waals surface area contributed by atoms with Crippen LogP contribution in [0, 0.1) is 11.7 Å². The lowest BCUT2D eigenvalue weighted by Crippen LogP contribution is -2.61. The molecule has 24 heavy (non-hydrogen) atoms. The number of carbonyl (C=O) groups is 1. The van der Waals surface area contributed by atoms with Crippen molar-refractivity contribution in [3.05, 3.63) is 35.6 Å². The van der Waals surface area contributed by atoms with E-state index < -0.39 is 29.5 Å². The molecule has 1 aliphatic carbocycles. The summed E-state index contributed by atoms with van der Waals surface area (Å²) < 4.78 is 54.3. The van der Waals surface area contributed by atoms with Crippen LogP contribution in [-0.4, -0.2) is 33.6 Å². The lowest BCUT2D eigenvalue weighted by Gasteiger charge is -2.37. The summed E-state index contributed by atoms with van der Waals surface area (Å²) in [6, 6.07) is 4.31. The van der Waals surface area contributed by atoms with Crippen molar-refractivity contribution in [3.63, 3.8) is 0 Å². The highest BCUT2D eigenvalue weighted by molar-refractivity contribution is 5.99. The molecule has 1 aromatic rings. The van der Waals surface area contributed by atoms with E-state index >= 15 is 0 Å². The molecule has 4 nitrogen and oxygen atoms in total. The highest BCUT2D eigenvalue weighted by atomic mass is 19.4. The standard InChI is InChI=1S/C16H16F4N2O2/c17-11-6-4-5-10(9-11)14(23)22-15(24,16(18,19)20)12-7-2-1-3-8-13(12)21-22/h4-6,9,12,24H,1-3,7-8H2/t12-,15-/m0/s1. The molecule has 0 bridgehead atoms. The van der Waals surface area contributed by atoms with Gasteiger partial charge < -0.3 is 5.11 Å². The van der Waals surface area contributed by atoms with Crippen molar-refractivity contribution in [1.82, 2.24) is 5.01 Å². The summed E-state index contributed by atoms with van der Waals surface area (Å²) in [5.74, 6) is -3.20. The normalized spacial score (nSPS) is 27.5. The van der Waals surface area contributed by atoms with Crippen molar-refractivity contribution in [1.29, 1.82) is 0 Å². The van der Waals surface area contributed by atoms with Gasteiger partial charge in [-0.05, 0) is 37.5 Å². The molecule has 1 aromatic carbocycles. The van der Waals surface area contributed by atoms with Crippen LogP contribution in [0.15, 0.2) is 29.4 Å². The molecule has 1 fully saturated rings. The second kappa shape index (κ2) is 5.84. The quantitative estimate of drug-likeness (QED) is 0.793. The topological polar surface area (TPSA) is 52.9 Å². The number of amides is 1. The van der Waals surface area contributed by atoms with Crippen LogP contribution in [0.3, 0.4) is 0 Å². The van der Waals surface area contributed by atoms with Crippen LogP contribution < -0.4 is 0 Å². The van der Waals surface area contributed by atoms with Crippen molar-refractivity contribution < 1.29 is 27.5 Å².